The molecular formula is C21H26N4OS. The number of carbonyl (C=O) groups is 1. The molecule has 0 unspecified atom stereocenters. The number of anilines is 2. The Kier molecular flexibility index (Phi) is 6.55. The van der Waals surface area contributed by atoms with E-state index < -0.39 is 0 Å². The van der Waals surface area contributed by atoms with Gasteiger partial charge in [-0.3, -0.25) is 4.79 Å². The van der Waals surface area contributed by atoms with E-state index in [1.807, 2.05) is 48.5 Å². The van der Waals surface area contributed by atoms with Gasteiger partial charge in [0.2, 0.25) is 0 Å². The molecule has 1 fully saturated rings. The highest BCUT2D eigenvalue weighted by Gasteiger charge is 2.24. The van der Waals surface area contributed by atoms with Crippen molar-refractivity contribution in [2.75, 3.05) is 30.8 Å². The van der Waals surface area contributed by atoms with Crippen molar-refractivity contribution in [2.24, 2.45) is 11.7 Å². The van der Waals surface area contributed by atoms with Crippen LogP contribution in [-0.2, 0) is 6.54 Å². The van der Waals surface area contributed by atoms with Gasteiger partial charge >= 0.3 is 0 Å². The molecule has 0 spiro atoms. The van der Waals surface area contributed by atoms with Crippen molar-refractivity contribution in [1.29, 1.82) is 0 Å². The lowest BCUT2D eigenvalue weighted by molar-refractivity contribution is 0.0857. The van der Waals surface area contributed by atoms with Gasteiger partial charge in [-0.2, -0.15) is 0 Å². The average Bonchev–Trinajstić information content (AvgIpc) is 2.68. The number of hydrogen-bond donors (Lipinski definition) is 3. The molecule has 4 N–H and O–H groups in total. The summed E-state index contributed by atoms with van der Waals surface area (Å²) in [5, 5.41) is 6.80. The minimum absolute atomic E-state index is 0.112. The van der Waals surface area contributed by atoms with E-state index in [-0.39, 0.29) is 11.7 Å². The van der Waals surface area contributed by atoms with Crippen molar-refractivity contribution >= 4 is 34.5 Å². The molecule has 1 aliphatic heterocycles. The Morgan fingerprint density at radius 3 is 2.41 bits per heavy atom. The number of nitrogens with zero attached hydrogens (tertiary/aromatic N) is 1. The van der Waals surface area contributed by atoms with Crippen LogP contribution in [0.15, 0.2) is 48.5 Å². The van der Waals surface area contributed by atoms with Gasteiger partial charge in [-0.05, 0) is 75.0 Å². The molecule has 0 atom stereocenters. The molecule has 0 aromatic heterocycles. The summed E-state index contributed by atoms with van der Waals surface area (Å²) in [6, 6.07) is 15.4. The second-order valence-corrected chi connectivity index (χ2v) is 7.41. The second-order valence-electron chi connectivity index (χ2n) is 7.01. The number of thiocarbonyl (C=S) groups is 1. The third-order valence-electron chi connectivity index (χ3n) is 4.91. The summed E-state index contributed by atoms with van der Waals surface area (Å²) >= 11 is 5.40. The van der Waals surface area contributed by atoms with Gasteiger partial charge in [0.15, 0.2) is 10.9 Å². The predicted octanol–water partition coefficient (Wildman–Crippen LogP) is 3.48. The SMILES string of the molecule is CN1CCC(C(=O)c2cccc(NC(=S)Nc3cccc(CN)c3)c2)CC1. The van der Waals surface area contributed by atoms with Crippen molar-refractivity contribution in [3.05, 3.63) is 59.7 Å². The zero-order chi connectivity index (χ0) is 19.2. The first-order chi connectivity index (χ1) is 13.0. The molecule has 0 aliphatic carbocycles. The number of nitrogens with one attached hydrogen (secondary N) is 2. The molecule has 5 nitrogen and oxygen atoms in total. The van der Waals surface area contributed by atoms with E-state index in [4.69, 9.17) is 18.0 Å². The van der Waals surface area contributed by atoms with Crippen LogP contribution in [0.25, 0.3) is 0 Å². The van der Waals surface area contributed by atoms with Crippen molar-refractivity contribution in [2.45, 2.75) is 19.4 Å². The van der Waals surface area contributed by atoms with E-state index in [0.29, 0.717) is 11.7 Å². The molecule has 1 aliphatic rings. The standard InChI is InChI=1S/C21H26N4OS/c1-25-10-8-16(9-11-25)20(26)17-5-3-7-19(13-17)24-21(27)23-18-6-2-4-15(12-18)14-22/h2-7,12-13,16H,8-11,14,22H2,1H3,(H2,23,24,27). The van der Waals surface area contributed by atoms with Gasteiger partial charge < -0.3 is 21.3 Å². The van der Waals surface area contributed by atoms with Gasteiger partial charge in [-0.1, -0.05) is 24.3 Å². The number of carbonyl (C=O) groups excluding carboxylic acids is 1. The number of likely N-dealkylation sites (tertiary alicyclic amines) is 1. The Labute approximate surface area is 165 Å². The molecular weight excluding hydrogens is 356 g/mol. The first-order valence-electron chi connectivity index (χ1n) is 9.25. The van der Waals surface area contributed by atoms with Crippen LogP contribution in [0.3, 0.4) is 0 Å². The van der Waals surface area contributed by atoms with E-state index in [1.54, 1.807) is 0 Å². The van der Waals surface area contributed by atoms with E-state index >= 15 is 0 Å². The van der Waals surface area contributed by atoms with Gasteiger partial charge in [0, 0.05) is 29.4 Å². The maximum Gasteiger partial charge on any atom is 0.175 e. The van der Waals surface area contributed by atoms with Crippen molar-refractivity contribution in [1.82, 2.24) is 4.90 Å². The summed E-state index contributed by atoms with van der Waals surface area (Å²) in [6.45, 7) is 2.44. The maximum atomic E-state index is 12.8. The number of piperidine rings is 1. The minimum atomic E-state index is 0.112. The van der Waals surface area contributed by atoms with Gasteiger partial charge in [0.05, 0.1) is 0 Å². The summed E-state index contributed by atoms with van der Waals surface area (Å²) in [6.07, 6.45) is 1.84. The Balaban J connectivity index is 1.63. The predicted molar refractivity (Wildman–Crippen MR) is 115 cm³/mol. The first kappa shape index (κ1) is 19.5. The highest BCUT2D eigenvalue weighted by atomic mass is 32.1. The van der Waals surface area contributed by atoms with Gasteiger partial charge in [0.1, 0.15) is 0 Å². The average molecular weight is 383 g/mol. The number of hydrogen-bond acceptors (Lipinski definition) is 4. The van der Waals surface area contributed by atoms with Crippen molar-refractivity contribution < 1.29 is 4.79 Å². The minimum Gasteiger partial charge on any atom is -0.332 e. The molecule has 1 saturated heterocycles. The van der Waals surface area contributed by atoms with Crippen LogP contribution in [-0.4, -0.2) is 35.9 Å². The third-order valence-corrected chi connectivity index (χ3v) is 5.12. The normalized spacial score (nSPS) is 15.3. The largest absolute Gasteiger partial charge is 0.332 e. The zero-order valence-electron chi connectivity index (χ0n) is 15.6. The molecule has 142 valence electrons. The number of Topliss-reactive ketones (excluding diaryl/α,β-unsaturated/α-hetero) is 1. The number of nitrogens with two attached hydrogens (primary N) is 1. The molecule has 0 radical (unpaired) electrons. The van der Waals surface area contributed by atoms with E-state index in [0.717, 1.165) is 48.4 Å². The Morgan fingerprint density at radius 2 is 1.74 bits per heavy atom. The third kappa shape index (κ3) is 5.35. The molecule has 3 rings (SSSR count). The van der Waals surface area contributed by atoms with Crippen molar-refractivity contribution in [3.63, 3.8) is 0 Å². The Hall–Kier alpha value is -2.28. The molecule has 0 bridgehead atoms. The van der Waals surface area contributed by atoms with E-state index in [1.165, 1.54) is 0 Å². The lowest BCUT2D eigenvalue weighted by atomic mass is 9.89. The molecule has 0 amide bonds. The molecule has 0 saturated carbocycles. The van der Waals surface area contributed by atoms with Crippen LogP contribution in [0.2, 0.25) is 0 Å². The quantitative estimate of drug-likeness (QED) is 0.543. The van der Waals surface area contributed by atoms with Crippen molar-refractivity contribution in [3.8, 4) is 0 Å². The van der Waals surface area contributed by atoms with E-state index in [2.05, 4.69) is 22.6 Å². The Morgan fingerprint density at radius 1 is 1.11 bits per heavy atom. The Bertz CT molecular complexity index is 815. The van der Waals surface area contributed by atoms with Crippen LogP contribution in [0, 0.1) is 5.92 Å². The molecule has 27 heavy (non-hydrogen) atoms. The lowest BCUT2D eigenvalue weighted by Gasteiger charge is -2.28. The molecule has 6 heteroatoms. The van der Waals surface area contributed by atoms with E-state index in [9.17, 15) is 4.79 Å². The second kappa shape index (κ2) is 9.08. The van der Waals surface area contributed by atoms with Crippen LogP contribution in [0.4, 0.5) is 11.4 Å². The smallest absolute Gasteiger partial charge is 0.175 e. The fourth-order valence-corrected chi connectivity index (χ4v) is 3.56. The molecule has 2 aromatic carbocycles. The monoisotopic (exact) mass is 382 g/mol. The van der Waals surface area contributed by atoms with Crippen LogP contribution < -0.4 is 16.4 Å². The number of benzene rings is 2. The topological polar surface area (TPSA) is 70.4 Å². The fraction of sp³-hybridized carbons (Fsp3) is 0.333. The highest BCUT2D eigenvalue weighted by Crippen LogP contribution is 2.22. The van der Waals surface area contributed by atoms with Crippen LogP contribution >= 0.6 is 12.2 Å². The lowest BCUT2D eigenvalue weighted by Crippen LogP contribution is -2.33. The van der Waals surface area contributed by atoms with Crippen LogP contribution in [0.1, 0.15) is 28.8 Å². The summed E-state index contributed by atoms with van der Waals surface area (Å²) < 4.78 is 0. The summed E-state index contributed by atoms with van der Waals surface area (Å²) in [5.74, 6) is 0.335. The molecule has 1 heterocycles. The van der Waals surface area contributed by atoms with Gasteiger partial charge in [0.25, 0.3) is 0 Å². The van der Waals surface area contributed by atoms with Gasteiger partial charge in [-0.15, -0.1) is 0 Å². The molecule has 2 aromatic rings. The zero-order valence-corrected chi connectivity index (χ0v) is 16.4. The van der Waals surface area contributed by atoms with Gasteiger partial charge in [-0.25, -0.2) is 0 Å². The van der Waals surface area contributed by atoms with Crippen LogP contribution in [0.5, 0.6) is 0 Å². The summed E-state index contributed by atoms with van der Waals surface area (Å²) in [7, 11) is 2.10. The fourth-order valence-electron chi connectivity index (χ4n) is 3.33. The number of ketones is 1. The number of rotatable bonds is 5. The first-order valence-corrected chi connectivity index (χ1v) is 9.66. The maximum absolute atomic E-state index is 12.8. The highest BCUT2D eigenvalue weighted by molar-refractivity contribution is 7.80. The summed E-state index contributed by atoms with van der Waals surface area (Å²) in [5.41, 5.74) is 9.14. The summed E-state index contributed by atoms with van der Waals surface area (Å²) in [4.78, 5) is 15.1.